The fraction of sp³-hybridized carbons (Fsp3) is 0.381. The van der Waals surface area contributed by atoms with E-state index in [9.17, 15) is 13.3 Å². The van der Waals surface area contributed by atoms with Crippen LogP contribution in [0.1, 0.15) is 17.5 Å². The molecule has 0 radical (unpaired) electrons. The highest BCUT2D eigenvalue weighted by Crippen LogP contribution is 2.25. The van der Waals surface area contributed by atoms with Gasteiger partial charge < -0.3 is 14.4 Å². The van der Waals surface area contributed by atoms with E-state index in [1.807, 2.05) is 42.2 Å². The molecule has 0 N–H and O–H groups in total. The van der Waals surface area contributed by atoms with E-state index in [0.29, 0.717) is 43.6 Å². The first-order chi connectivity index (χ1) is 15.5. The zero-order valence-corrected chi connectivity index (χ0v) is 17.3. The number of aryl methyl sites for hydroxylation is 1. The van der Waals surface area contributed by atoms with Crippen LogP contribution in [0.2, 0.25) is 0 Å². The van der Waals surface area contributed by atoms with Crippen molar-refractivity contribution in [2.45, 2.75) is 19.6 Å². The molecule has 0 unspecified atom stereocenters. The number of ether oxygens (including phenoxy) is 2. The molecular formula is C21H22F3N5O3. The molecule has 1 atom stereocenters. The summed E-state index contributed by atoms with van der Waals surface area (Å²) < 4.78 is 49.7. The van der Waals surface area contributed by atoms with E-state index in [1.54, 1.807) is 12.3 Å². The molecule has 4 rings (SSSR count). The number of halogens is 3. The zero-order valence-electron chi connectivity index (χ0n) is 17.3. The molecular weight excluding hydrogens is 427 g/mol. The van der Waals surface area contributed by atoms with Crippen LogP contribution in [0.15, 0.2) is 42.6 Å². The number of anilines is 1. The first-order valence-corrected chi connectivity index (χ1v) is 10.1. The van der Waals surface area contributed by atoms with Crippen molar-refractivity contribution in [3.8, 4) is 17.1 Å². The van der Waals surface area contributed by atoms with Crippen molar-refractivity contribution in [2.75, 3.05) is 37.8 Å². The fourth-order valence-electron chi connectivity index (χ4n) is 3.42. The van der Waals surface area contributed by atoms with Crippen molar-refractivity contribution in [3.05, 3.63) is 54.0 Å². The van der Waals surface area contributed by atoms with Crippen molar-refractivity contribution < 1.29 is 27.7 Å². The minimum Gasteiger partial charge on any atom is -0.378 e. The molecule has 1 aliphatic rings. The van der Waals surface area contributed by atoms with Crippen molar-refractivity contribution in [2.24, 2.45) is 0 Å². The minimum absolute atomic E-state index is 0.130. The van der Waals surface area contributed by atoms with E-state index < -0.39 is 19.3 Å². The van der Waals surface area contributed by atoms with Gasteiger partial charge in [0.05, 0.1) is 18.9 Å². The molecule has 8 nitrogen and oxygen atoms in total. The van der Waals surface area contributed by atoms with Crippen LogP contribution >= 0.6 is 0 Å². The van der Waals surface area contributed by atoms with E-state index >= 15 is 0 Å². The van der Waals surface area contributed by atoms with Crippen LogP contribution in [0.5, 0.6) is 0 Å². The lowest BCUT2D eigenvalue weighted by Crippen LogP contribution is -2.37. The molecule has 32 heavy (non-hydrogen) atoms. The molecule has 1 aliphatic heterocycles. The number of hydrogen-bond acceptors (Lipinski definition) is 7. The van der Waals surface area contributed by atoms with Gasteiger partial charge in [-0.3, -0.25) is 0 Å². The van der Waals surface area contributed by atoms with Crippen LogP contribution in [0.4, 0.5) is 19.1 Å². The summed E-state index contributed by atoms with van der Waals surface area (Å²) in [6.07, 6.45) is 0.216. The standard InChI is InChI=1S/C21H22F3N5O3/c1-14-3-2-4-15(11-14)16-5-6-29(27-16)19-12-18(28-7-9-30-10-8-28)25-20(26-19)17(13-31-24)32-21(22)23/h2-6,11-12,17,21H,7-10,13H2,1H3/t17-/m1/s1. The van der Waals surface area contributed by atoms with Crippen LogP contribution in [-0.2, 0) is 14.4 Å². The van der Waals surface area contributed by atoms with Gasteiger partial charge in [0, 0.05) is 30.9 Å². The smallest absolute Gasteiger partial charge is 0.346 e. The SMILES string of the molecule is Cc1cccc(-c2ccn(-c3cc(N4CCOCC4)nc([C@@H](COF)OC(F)F)n3)n2)c1. The zero-order chi connectivity index (χ0) is 22.5. The predicted molar refractivity (Wildman–Crippen MR) is 109 cm³/mol. The molecule has 3 aromatic rings. The van der Waals surface area contributed by atoms with E-state index in [0.717, 1.165) is 11.1 Å². The van der Waals surface area contributed by atoms with Crippen LogP contribution in [0.3, 0.4) is 0 Å². The summed E-state index contributed by atoms with van der Waals surface area (Å²) in [4.78, 5) is 14.2. The maximum atomic E-state index is 12.9. The molecule has 2 aromatic heterocycles. The average Bonchev–Trinajstić information content (AvgIpc) is 3.29. The molecule has 1 aromatic carbocycles. The quantitative estimate of drug-likeness (QED) is 0.520. The summed E-state index contributed by atoms with van der Waals surface area (Å²) in [7, 11) is 0. The second kappa shape index (κ2) is 10.1. The Morgan fingerprint density at radius 2 is 1.88 bits per heavy atom. The van der Waals surface area contributed by atoms with Gasteiger partial charge in [-0.25, -0.2) is 14.6 Å². The Kier molecular flexibility index (Phi) is 6.98. The van der Waals surface area contributed by atoms with Crippen LogP contribution < -0.4 is 4.90 Å². The fourth-order valence-corrected chi connectivity index (χ4v) is 3.42. The van der Waals surface area contributed by atoms with E-state index in [4.69, 9.17) is 4.74 Å². The molecule has 170 valence electrons. The lowest BCUT2D eigenvalue weighted by Gasteiger charge is -2.28. The number of benzene rings is 1. The number of alkyl halides is 2. The van der Waals surface area contributed by atoms with Gasteiger partial charge in [-0.2, -0.15) is 18.8 Å². The third-order valence-electron chi connectivity index (χ3n) is 4.96. The summed E-state index contributed by atoms with van der Waals surface area (Å²) in [5, 5.41) is 4.57. The lowest BCUT2D eigenvalue weighted by atomic mass is 10.1. The van der Waals surface area contributed by atoms with Crippen LogP contribution in [-0.4, -0.2) is 59.3 Å². The lowest BCUT2D eigenvalue weighted by molar-refractivity contribution is -0.220. The molecule has 0 aliphatic carbocycles. The average molecular weight is 449 g/mol. The summed E-state index contributed by atoms with van der Waals surface area (Å²) in [6, 6.07) is 11.4. The van der Waals surface area contributed by atoms with Gasteiger partial charge in [0.2, 0.25) is 0 Å². The maximum Gasteiger partial charge on any atom is 0.346 e. The molecule has 1 saturated heterocycles. The summed E-state index contributed by atoms with van der Waals surface area (Å²) in [5.41, 5.74) is 2.74. The predicted octanol–water partition coefficient (Wildman–Crippen LogP) is 3.66. The minimum atomic E-state index is -3.15. The topological polar surface area (TPSA) is 74.5 Å². The number of hydrogen-bond donors (Lipinski definition) is 0. The Bertz CT molecular complexity index is 1040. The van der Waals surface area contributed by atoms with Crippen molar-refractivity contribution in [1.29, 1.82) is 0 Å². The van der Waals surface area contributed by atoms with E-state index in [2.05, 4.69) is 24.7 Å². The highest BCUT2D eigenvalue weighted by Gasteiger charge is 2.25. The Morgan fingerprint density at radius 1 is 1.09 bits per heavy atom. The van der Waals surface area contributed by atoms with Gasteiger partial charge >= 0.3 is 6.61 Å². The van der Waals surface area contributed by atoms with Gasteiger partial charge in [-0.1, -0.05) is 23.8 Å². The number of rotatable bonds is 8. The normalized spacial score (nSPS) is 15.3. The summed E-state index contributed by atoms with van der Waals surface area (Å²) in [5.74, 6) is 0.675. The second-order valence-electron chi connectivity index (χ2n) is 7.22. The van der Waals surface area contributed by atoms with E-state index in [1.165, 1.54) is 4.68 Å². The molecule has 1 fully saturated rings. The first kappa shape index (κ1) is 22.2. The molecule has 0 spiro atoms. The first-order valence-electron chi connectivity index (χ1n) is 10.1. The van der Waals surface area contributed by atoms with E-state index in [-0.39, 0.29) is 5.82 Å². The summed E-state index contributed by atoms with van der Waals surface area (Å²) in [6.45, 7) is 0.183. The third kappa shape index (κ3) is 5.23. The number of aromatic nitrogens is 4. The van der Waals surface area contributed by atoms with Gasteiger partial charge in [0.15, 0.2) is 11.6 Å². The number of nitrogens with zero attached hydrogens (tertiary/aromatic N) is 5. The monoisotopic (exact) mass is 449 g/mol. The highest BCUT2D eigenvalue weighted by molar-refractivity contribution is 5.60. The van der Waals surface area contributed by atoms with Crippen LogP contribution in [0, 0.1) is 6.92 Å². The Hall–Kier alpha value is -3.02. The Balaban J connectivity index is 1.73. The molecule has 0 saturated carbocycles. The van der Waals surface area contributed by atoms with Crippen molar-refractivity contribution in [1.82, 2.24) is 19.7 Å². The maximum absolute atomic E-state index is 12.9. The summed E-state index contributed by atoms with van der Waals surface area (Å²) >= 11 is 0. The number of morpholine rings is 1. The Labute approximate surface area is 182 Å². The van der Waals surface area contributed by atoms with Crippen molar-refractivity contribution in [3.63, 3.8) is 0 Å². The van der Waals surface area contributed by atoms with Gasteiger partial charge in [-0.05, 0) is 23.6 Å². The highest BCUT2D eigenvalue weighted by atomic mass is 19.3. The van der Waals surface area contributed by atoms with Gasteiger partial charge in [-0.15, -0.1) is 0 Å². The molecule has 0 amide bonds. The largest absolute Gasteiger partial charge is 0.378 e. The molecule has 11 heteroatoms. The third-order valence-corrected chi connectivity index (χ3v) is 4.96. The van der Waals surface area contributed by atoms with Crippen molar-refractivity contribution >= 4 is 5.82 Å². The van der Waals surface area contributed by atoms with Crippen LogP contribution in [0.25, 0.3) is 17.1 Å². The second-order valence-corrected chi connectivity index (χ2v) is 7.22. The van der Waals surface area contributed by atoms with Gasteiger partial charge in [0.25, 0.3) is 0 Å². The van der Waals surface area contributed by atoms with Gasteiger partial charge in [0.1, 0.15) is 18.5 Å². The molecule has 3 heterocycles. The Morgan fingerprint density at radius 3 is 2.59 bits per heavy atom. The molecule has 0 bridgehead atoms.